The first-order valence-electron chi connectivity index (χ1n) is 4.58. The molecule has 2 rings (SSSR count). The number of aromatic amines is 1. The van der Waals surface area contributed by atoms with Crippen molar-refractivity contribution in [3.63, 3.8) is 0 Å². The summed E-state index contributed by atoms with van der Waals surface area (Å²) < 4.78 is 1.06. The Kier molecular flexibility index (Phi) is 3.50. The maximum atomic E-state index is 4.30. The molecule has 0 radical (unpaired) electrons. The van der Waals surface area contributed by atoms with Gasteiger partial charge < -0.3 is 5.32 Å². The van der Waals surface area contributed by atoms with Crippen molar-refractivity contribution in [3.05, 3.63) is 32.9 Å². The molecule has 4 nitrogen and oxygen atoms in total. The van der Waals surface area contributed by atoms with Gasteiger partial charge >= 0.3 is 0 Å². The molecule has 2 heterocycles. The van der Waals surface area contributed by atoms with Gasteiger partial charge in [0.25, 0.3) is 0 Å². The smallest absolute Gasteiger partial charge is 0.110 e. The number of aromatic nitrogens is 3. The Bertz CT molecular complexity index is 411. The molecule has 2 N–H and O–H groups in total. The summed E-state index contributed by atoms with van der Waals surface area (Å²) in [5, 5.41) is 11.3. The molecule has 1 unspecified atom stereocenters. The van der Waals surface area contributed by atoms with E-state index in [4.69, 9.17) is 0 Å². The van der Waals surface area contributed by atoms with Crippen LogP contribution in [0.3, 0.4) is 0 Å². The predicted octanol–water partition coefficient (Wildman–Crippen LogP) is 2.48. The molecular weight excluding hydrogens is 276 g/mol. The van der Waals surface area contributed by atoms with E-state index < -0.39 is 0 Å². The summed E-state index contributed by atoms with van der Waals surface area (Å²) in [7, 11) is 0. The zero-order chi connectivity index (χ0) is 10.7. The summed E-state index contributed by atoms with van der Waals surface area (Å²) in [4.78, 5) is 4.30. The summed E-state index contributed by atoms with van der Waals surface area (Å²) in [5.74, 6) is 0. The summed E-state index contributed by atoms with van der Waals surface area (Å²) in [6, 6.07) is 2.21. The summed E-state index contributed by atoms with van der Waals surface area (Å²) in [6.45, 7) is 2.88. The van der Waals surface area contributed by atoms with Gasteiger partial charge in [-0.1, -0.05) is 0 Å². The van der Waals surface area contributed by atoms with Gasteiger partial charge in [0.1, 0.15) is 5.01 Å². The van der Waals surface area contributed by atoms with Crippen molar-refractivity contribution in [2.24, 2.45) is 0 Å². The first-order chi connectivity index (χ1) is 7.25. The third kappa shape index (κ3) is 2.87. The second-order valence-corrected chi connectivity index (χ2v) is 5.63. The van der Waals surface area contributed by atoms with Crippen LogP contribution in [0.4, 0.5) is 0 Å². The van der Waals surface area contributed by atoms with Crippen LogP contribution in [0.25, 0.3) is 0 Å². The minimum Gasteiger partial charge on any atom is -0.302 e. The Morgan fingerprint density at radius 3 is 3.13 bits per heavy atom. The van der Waals surface area contributed by atoms with E-state index in [0.717, 1.165) is 21.0 Å². The SMILES string of the molecule is CC(NCc1ccn[nH]1)c1ncc(Br)s1. The summed E-state index contributed by atoms with van der Waals surface area (Å²) in [5.41, 5.74) is 1.08. The number of nitrogens with one attached hydrogen (secondary N) is 2. The van der Waals surface area contributed by atoms with Gasteiger partial charge in [0.05, 0.1) is 16.0 Å². The topological polar surface area (TPSA) is 53.6 Å². The molecule has 0 saturated heterocycles. The molecule has 0 fully saturated rings. The average molecular weight is 287 g/mol. The fourth-order valence-corrected chi connectivity index (χ4v) is 2.47. The van der Waals surface area contributed by atoms with E-state index in [1.165, 1.54) is 0 Å². The van der Waals surface area contributed by atoms with Gasteiger partial charge in [0.2, 0.25) is 0 Å². The monoisotopic (exact) mass is 286 g/mol. The van der Waals surface area contributed by atoms with Crippen molar-refractivity contribution in [2.75, 3.05) is 0 Å². The lowest BCUT2D eigenvalue weighted by molar-refractivity contribution is 0.564. The molecule has 0 aliphatic rings. The van der Waals surface area contributed by atoms with E-state index in [-0.39, 0.29) is 6.04 Å². The Morgan fingerprint density at radius 1 is 1.67 bits per heavy atom. The number of thiazole rings is 1. The quantitative estimate of drug-likeness (QED) is 0.908. The van der Waals surface area contributed by atoms with Gasteiger partial charge in [-0.3, -0.25) is 5.10 Å². The maximum Gasteiger partial charge on any atom is 0.110 e. The van der Waals surface area contributed by atoms with Crippen molar-refractivity contribution >= 4 is 27.3 Å². The molecule has 0 amide bonds. The molecule has 0 aromatic carbocycles. The summed E-state index contributed by atoms with van der Waals surface area (Å²) in [6.07, 6.45) is 3.58. The second kappa shape index (κ2) is 4.87. The van der Waals surface area contributed by atoms with Crippen LogP contribution in [0.1, 0.15) is 23.7 Å². The minimum absolute atomic E-state index is 0.254. The van der Waals surface area contributed by atoms with E-state index in [1.54, 1.807) is 17.5 Å². The Balaban J connectivity index is 1.90. The average Bonchev–Trinajstić information content (AvgIpc) is 2.84. The number of hydrogen-bond acceptors (Lipinski definition) is 4. The van der Waals surface area contributed by atoms with Crippen molar-refractivity contribution in [3.8, 4) is 0 Å². The van der Waals surface area contributed by atoms with Crippen LogP contribution >= 0.6 is 27.3 Å². The normalized spacial score (nSPS) is 12.9. The predicted molar refractivity (Wildman–Crippen MR) is 63.7 cm³/mol. The van der Waals surface area contributed by atoms with Gasteiger partial charge in [-0.25, -0.2) is 4.98 Å². The first-order valence-corrected chi connectivity index (χ1v) is 6.19. The number of halogens is 1. The molecule has 2 aromatic rings. The van der Waals surface area contributed by atoms with Gasteiger partial charge in [-0.05, 0) is 28.9 Å². The zero-order valence-corrected chi connectivity index (χ0v) is 10.6. The zero-order valence-electron chi connectivity index (χ0n) is 8.20. The fourth-order valence-electron chi connectivity index (χ4n) is 1.20. The lowest BCUT2D eigenvalue weighted by Gasteiger charge is -2.09. The van der Waals surface area contributed by atoms with Gasteiger partial charge in [0, 0.05) is 18.4 Å². The van der Waals surface area contributed by atoms with Crippen LogP contribution in [0.2, 0.25) is 0 Å². The van der Waals surface area contributed by atoms with E-state index in [0.29, 0.717) is 0 Å². The molecule has 2 aromatic heterocycles. The number of hydrogen-bond donors (Lipinski definition) is 2. The number of H-pyrrole nitrogens is 1. The molecule has 80 valence electrons. The van der Waals surface area contributed by atoms with Crippen molar-refractivity contribution in [1.29, 1.82) is 0 Å². The van der Waals surface area contributed by atoms with Crippen LogP contribution in [-0.4, -0.2) is 15.2 Å². The van der Waals surface area contributed by atoms with Gasteiger partial charge in [0.15, 0.2) is 0 Å². The van der Waals surface area contributed by atoms with E-state index in [2.05, 4.69) is 43.4 Å². The van der Waals surface area contributed by atoms with Crippen LogP contribution in [-0.2, 0) is 6.54 Å². The molecule has 6 heteroatoms. The number of nitrogens with zero attached hydrogens (tertiary/aromatic N) is 2. The van der Waals surface area contributed by atoms with Crippen LogP contribution in [0.15, 0.2) is 22.2 Å². The molecule has 0 bridgehead atoms. The van der Waals surface area contributed by atoms with Crippen LogP contribution in [0.5, 0.6) is 0 Å². The molecule has 15 heavy (non-hydrogen) atoms. The lowest BCUT2D eigenvalue weighted by Crippen LogP contribution is -2.18. The molecule has 0 saturated carbocycles. The molecule has 0 aliphatic heterocycles. The molecular formula is C9H11BrN4S. The highest BCUT2D eigenvalue weighted by molar-refractivity contribution is 9.11. The maximum absolute atomic E-state index is 4.30. The van der Waals surface area contributed by atoms with Crippen molar-refractivity contribution in [1.82, 2.24) is 20.5 Å². The highest BCUT2D eigenvalue weighted by Crippen LogP contribution is 2.24. The third-order valence-electron chi connectivity index (χ3n) is 2.02. The molecule has 0 aliphatic carbocycles. The van der Waals surface area contributed by atoms with Crippen LogP contribution in [0, 0.1) is 0 Å². The van der Waals surface area contributed by atoms with Gasteiger partial charge in [-0.2, -0.15) is 5.10 Å². The highest BCUT2D eigenvalue weighted by atomic mass is 79.9. The van der Waals surface area contributed by atoms with Crippen molar-refractivity contribution < 1.29 is 0 Å². The van der Waals surface area contributed by atoms with Gasteiger partial charge in [-0.15, -0.1) is 11.3 Å². The third-order valence-corrected chi connectivity index (χ3v) is 3.68. The van der Waals surface area contributed by atoms with Crippen molar-refractivity contribution in [2.45, 2.75) is 19.5 Å². The largest absolute Gasteiger partial charge is 0.302 e. The Labute approximate surface area is 100 Å². The first kappa shape index (κ1) is 10.8. The number of rotatable bonds is 4. The fraction of sp³-hybridized carbons (Fsp3) is 0.333. The Hall–Kier alpha value is -0.720. The standard InChI is InChI=1S/C9H11BrN4S/c1-6(9-12-5-8(10)15-9)11-4-7-2-3-13-14-7/h2-3,5-6,11H,4H2,1H3,(H,13,14). The Morgan fingerprint density at radius 2 is 2.53 bits per heavy atom. The molecule has 1 atom stereocenters. The summed E-state index contributed by atoms with van der Waals surface area (Å²) >= 11 is 5.05. The lowest BCUT2D eigenvalue weighted by atomic mass is 10.3. The second-order valence-electron chi connectivity index (χ2n) is 3.19. The van der Waals surface area contributed by atoms with Crippen LogP contribution < -0.4 is 5.32 Å². The van der Waals surface area contributed by atoms with E-state index >= 15 is 0 Å². The minimum atomic E-state index is 0.254. The molecule has 0 spiro atoms. The highest BCUT2D eigenvalue weighted by Gasteiger charge is 2.09. The van der Waals surface area contributed by atoms with E-state index in [1.807, 2.05) is 12.3 Å². The van der Waals surface area contributed by atoms with E-state index in [9.17, 15) is 0 Å².